The van der Waals surface area contributed by atoms with Gasteiger partial charge in [0.15, 0.2) is 0 Å². The first-order valence-electron chi connectivity index (χ1n) is 5.99. The molecule has 1 atom stereocenters. The van der Waals surface area contributed by atoms with Crippen LogP contribution in [0.25, 0.3) is 0 Å². The summed E-state index contributed by atoms with van der Waals surface area (Å²) in [6.45, 7) is 0. The molecule has 0 aliphatic carbocycles. The Kier molecular flexibility index (Phi) is 4.53. The average molecular weight is 289 g/mol. The van der Waals surface area contributed by atoms with Gasteiger partial charge in [-0.1, -0.05) is 0 Å². The number of benzene rings is 2. The van der Waals surface area contributed by atoms with E-state index in [9.17, 15) is 9.00 Å². The number of anilines is 1. The van der Waals surface area contributed by atoms with Gasteiger partial charge in [0, 0.05) is 33.2 Å². The number of rotatable bonds is 4. The van der Waals surface area contributed by atoms with Gasteiger partial charge >= 0.3 is 0 Å². The molecular weight excluding hydrogens is 274 g/mol. The molecule has 1 amide bonds. The minimum absolute atomic E-state index is 0.205. The lowest BCUT2D eigenvalue weighted by atomic mass is 10.2. The molecule has 2 aromatic rings. The zero-order valence-electron chi connectivity index (χ0n) is 11.3. The molecule has 2 rings (SSSR count). The largest absolute Gasteiger partial charge is 0.497 e. The van der Waals surface area contributed by atoms with Crippen molar-refractivity contribution in [3.05, 3.63) is 54.1 Å². The molecule has 0 fully saturated rings. The van der Waals surface area contributed by atoms with Crippen molar-refractivity contribution in [1.29, 1.82) is 0 Å². The van der Waals surface area contributed by atoms with E-state index in [1.54, 1.807) is 61.9 Å². The predicted octanol–water partition coefficient (Wildman–Crippen LogP) is 2.68. The second-order valence-corrected chi connectivity index (χ2v) is 5.54. The number of hydrogen-bond donors (Lipinski definition) is 1. The highest BCUT2D eigenvalue weighted by Gasteiger charge is 2.07. The van der Waals surface area contributed by atoms with E-state index in [1.807, 2.05) is 0 Å². The van der Waals surface area contributed by atoms with E-state index in [1.165, 1.54) is 0 Å². The van der Waals surface area contributed by atoms with E-state index in [-0.39, 0.29) is 5.91 Å². The molecule has 0 aliphatic rings. The van der Waals surface area contributed by atoms with Crippen LogP contribution in [0.1, 0.15) is 10.4 Å². The van der Waals surface area contributed by atoms with Crippen molar-refractivity contribution in [3.8, 4) is 5.75 Å². The average Bonchev–Trinajstić information content (AvgIpc) is 2.48. The SMILES string of the molecule is COc1ccc(NC(=O)c2ccc(S(C)=O)cc2)cc1. The molecule has 104 valence electrons. The summed E-state index contributed by atoms with van der Waals surface area (Å²) in [5.74, 6) is 0.529. The standard InChI is InChI=1S/C15H15NO3S/c1-19-13-7-5-12(6-8-13)16-15(17)11-3-9-14(10-4-11)20(2)18/h3-10H,1-2H3,(H,16,17). The van der Waals surface area contributed by atoms with E-state index < -0.39 is 10.8 Å². The molecule has 0 bridgehead atoms. The summed E-state index contributed by atoms with van der Waals surface area (Å²) in [6.07, 6.45) is 1.60. The second kappa shape index (κ2) is 6.34. The Morgan fingerprint density at radius 2 is 1.65 bits per heavy atom. The fourth-order valence-electron chi connectivity index (χ4n) is 1.68. The maximum atomic E-state index is 12.0. The van der Waals surface area contributed by atoms with Gasteiger partial charge in [0.05, 0.1) is 7.11 Å². The Hall–Kier alpha value is -2.14. The molecule has 0 spiro atoms. The molecule has 0 aromatic heterocycles. The van der Waals surface area contributed by atoms with Gasteiger partial charge in [0.25, 0.3) is 5.91 Å². The van der Waals surface area contributed by atoms with Crippen LogP contribution in [0, 0.1) is 0 Å². The van der Waals surface area contributed by atoms with E-state index in [4.69, 9.17) is 4.74 Å². The lowest BCUT2D eigenvalue weighted by Crippen LogP contribution is -2.11. The molecule has 0 radical (unpaired) electrons. The molecule has 1 N–H and O–H groups in total. The van der Waals surface area contributed by atoms with Crippen LogP contribution in [0.15, 0.2) is 53.4 Å². The van der Waals surface area contributed by atoms with E-state index >= 15 is 0 Å². The maximum Gasteiger partial charge on any atom is 0.255 e. The highest BCUT2D eigenvalue weighted by Crippen LogP contribution is 2.16. The van der Waals surface area contributed by atoms with Crippen LogP contribution >= 0.6 is 0 Å². The van der Waals surface area contributed by atoms with Crippen molar-refractivity contribution in [2.45, 2.75) is 4.90 Å². The summed E-state index contributed by atoms with van der Waals surface area (Å²) in [5.41, 5.74) is 1.22. The molecule has 1 unspecified atom stereocenters. The molecule has 2 aromatic carbocycles. The quantitative estimate of drug-likeness (QED) is 0.941. The number of amides is 1. The summed E-state index contributed by atoms with van der Waals surface area (Å²) in [6, 6.07) is 13.8. The van der Waals surface area contributed by atoms with E-state index in [2.05, 4.69) is 5.32 Å². The molecular formula is C15H15NO3S. The Bertz CT molecular complexity index is 621. The first-order chi connectivity index (χ1) is 9.60. The van der Waals surface area contributed by atoms with Gasteiger partial charge in [0.2, 0.25) is 0 Å². The number of methoxy groups -OCH3 is 1. The van der Waals surface area contributed by atoms with Gasteiger partial charge in [-0.25, -0.2) is 0 Å². The summed E-state index contributed by atoms with van der Waals surface area (Å²) >= 11 is 0. The monoisotopic (exact) mass is 289 g/mol. The van der Waals surface area contributed by atoms with Crippen molar-refractivity contribution in [2.75, 3.05) is 18.7 Å². The van der Waals surface area contributed by atoms with E-state index in [0.717, 1.165) is 5.75 Å². The Balaban J connectivity index is 2.08. The van der Waals surface area contributed by atoms with Gasteiger partial charge in [-0.3, -0.25) is 9.00 Å². The van der Waals surface area contributed by atoms with Crippen LogP contribution in [0.4, 0.5) is 5.69 Å². The molecule has 0 aliphatic heterocycles. The van der Waals surface area contributed by atoms with Gasteiger partial charge < -0.3 is 10.1 Å². The molecule has 5 heteroatoms. The van der Waals surface area contributed by atoms with Gasteiger partial charge in [0.1, 0.15) is 5.75 Å². The Morgan fingerprint density at radius 3 is 2.15 bits per heavy atom. The van der Waals surface area contributed by atoms with Crippen LogP contribution < -0.4 is 10.1 Å². The Labute approximate surface area is 120 Å². The number of hydrogen-bond acceptors (Lipinski definition) is 3. The third-order valence-corrected chi connectivity index (χ3v) is 3.73. The predicted molar refractivity (Wildman–Crippen MR) is 79.7 cm³/mol. The van der Waals surface area contributed by atoms with Crippen molar-refractivity contribution in [3.63, 3.8) is 0 Å². The number of ether oxygens (including phenoxy) is 1. The van der Waals surface area contributed by atoms with E-state index in [0.29, 0.717) is 16.1 Å². The van der Waals surface area contributed by atoms with Crippen LogP contribution in [0.5, 0.6) is 5.75 Å². The zero-order chi connectivity index (χ0) is 14.5. The fourth-order valence-corrected chi connectivity index (χ4v) is 2.19. The van der Waals surface area contributed by atoms with Gasteiger partial charge in [-0.15, -0.1) is 0 Å². The van der Waals surface area contributed by atoms with Crippen molar-refractivity contribution in [2.24, 2.45) is 0 Å². The third kappa shape index (κ3) is 3.45. The fraction of sp³-hybridized carbons (Fsp3) is 0.133. The normalized spacial score (nSPS) is 11.7. The minimum Gasteiger partial charge on any atom is -0.497 e. The number of carbonyl (C=O) groups is 1. The molecule has 4 nitrogen and oxygen atoms in total. The topological polar surface area (TPSA) is 55.4 Å². The minimum atomic E-state index is -1.04. The smallest absolute Gasteiger partial charge is 0.255 e. The summed E-state index contributed by atoms with van der Waals surface area (Å²) < 4.78 is 16.3. The summed E-state index contributed by atoms with van der Waals surface area (Å²) in [7, 11) is 0.552. The Morgan fingerprint density at radius 1 is 1.05 bits per heavy atom. The molecule has 0 heterocycles. The third-order valence-electron chi connectivity index (χ3n) is 2.80. The summed E-state index contributed by atoms with van der Waals surface area (Å²) in [4.78, 5) is 12.7. The number of carbonyl (C=O) groups excluding carboxylic acids is 1. The first-order valence-corrected chi connectivity index (χ1v) is 7.55. The van der Waals surface area contributed by atoms with Gasteiger partial charge in [-0.2, -0.15) is 0 Å². The summed E-state index contributed by atoms with van der Waals surface area (Å²) in [5, 5.41) is 2.79. The van der Waals surface area contributed by atoms with Crippen molar-refractivity contribution >= 4 is 22.4 Å². The van der Waals surface area contributed by atoms with Crippen LogP contribution in [-0.2, 0) is 10.8 Å². The lowest BCUT2D eigenvalue weighted by molar-refractivity contribution is 0.102. The maximum absolute atomic E-state index is 12.0. The van der Waals surface area contributed by atoms with Gasteiger partial charge in [-0.05, 0) is 48.5 Å². The lowest BCUT2D eigenvalue weighted by Gasteiger charge is -2.06. The molecule has 0 saturated carbocycles. The molecule has 20 heavy (non-hydrogen) atoms. The highest BCUT2D eigenvalue weighted by atomic mass is 32.2. The highest BCUT2D eigenvalue weighted by molar-refractivity contribution is 7.84. The molecule has 0 saturated heterocycles. The van der Waals surface area contributed by atoms with Crippen LogP contribution in [-0.4, -0.2) is 23.5 Å². The number of nitrogens with one attached hydrogen (secondary N) is 1. The van der Waals surface area contributed by atoms with Crippen LogP contribution in [0.2, 0.25) is 0 Å². The second-order valence-electron chi connectivity index (χ2n) is 4.16. The van der Waals surface area contributed by atoms with Crippen molar-refractivity contribution in [1.82, 2.24) is 0 Å². The van der Waals surface area contributed by atoms with Crippen LogP contribution in [0.3, 0.4) is 0 Å². The zero-order valence-corrected chi connectivity index (χ0v) is 12.1. The first kappa shape index (κ1) is 14.3. The van der Waals surface area contributed by atoms with Crippen molar-refractivity contribution < 1.29 is 13.7 Å².